The summed E-state index contributed by atoms with van der Waals surface area (Å²) in [6.07, 6.45) is 1.75. The van der Waals surface area contributed by atoms with Crippen molar-refractivity contribution in [3.63, 3.8) is 0 Å². The van der Waals surface area contributed by atoms with Crippen molar-refractivity contribution in [3.05, 3.63) is 34.9 Å². The van der Waals surface area contributed by atoms with Gasteiger partial charge in [0.1, 0.15) is 0 Å². The van der Waals surface area contributed by atoms with Crippen molar-refractivity contribution in [1.29, 1.82) is 0 Å². The Morgan fingerprint density at radius 3 is 2.55 bits per heavy atom. The maximum atomic E-state index is 12.5. The minimum Gasteiger partial charge on any atom is -0.481 e. The van der Waals surface area contributed by atoms with E-state index in [0.29, 0.717) is 12.1 Å². The summed E-state index contributed by atoms with van der Waals surface area (Å²) in [7, 11) is 0. The third kappa shape index (κ3) is 4.78. The van der Waals surface area contributed by atoms with Crippen LogP contribution in [0.2, 0.25) is 0 Å². The van der Waals surface area contributed by atoms with Gasteiger partial charge in [-0.25, -0.2) is 0 Å². The lowest BCUT2D eigenvalue weighted by Crippen LogP contribution is -2.39. The van der Waals surface area contributed by atoms with E-state index in [2.05, 4.69) is 12.2 Å². The summed E-state index contributed by atoms with van der Waals surface area (Å²) in [6, 6.07) is 4.95. The van der Waals surface area contributed by atoms with Gasteiger partial charge in [-0.05, 0) is 32.4 Å². The number of aryl methyl sites for hydroxylation is 2. The molecule has 1 rings (SSSR count). The fourth-order valence-electron chi connectivity index (χ4n) is 2.16. The summed E-state index contributed by atoms with van der Waals surface area (Å²) < 4.78 is 0. The highest BCUT2D eigenvalue weighted by molar-refractivity contribution is 6.02. The molecule has 20 heavy (non-hydrogen) atoms. The first-order valence-electron chi connectivity index (χ1n) is 7.02. The van der Waals surface area contributed by atoms with Gasteiger partial charge in [-0.3, -0.25) is 9.59 Å². The molecule has 0 saturated carbocycles. The zero-order valence-corrected chi connectivity index (χ0v) is 12.4. The largest absolute Gasteiger partial charge is 0.481 e. The molecule has 0 saturated heterocycles. The van der Waals surface area contributed by atoms with Crippen LogP contribution in [0.25, 0.3) is 0 Å². The van der Waals surface area contributed by atoms with Gasteiger partial charge in [-0.2, -0.15) is 0 Å². The number of aliphatic carboxylic acids is 1. The molecule has 1 atom stereocenters. The number of benzene rings is 1. The number of unbranched alkanes of at least 4 members (excludes halogenated alkanes) is 1. The van der Waals surface area contributed by atoms with Crippen molar-refractivity contribution in [2.45, 2.75) is 46.1 Å². The van der Waals surface area contributed by atoms with E-state index in [1.807, 2.05) is 26.0 Å². The summed E-state index contributed by atoms with van der Waals surface area (Å²) >= 11 is 0. The summed E-state index contributed by atoms with van der Waals surface area (Å²) in [6.45, 7) is 6.56. The third-order valence-electron chi connectivity index (χ3n) is 3.26. The van der Waals surface area contributed by atoms with Crippen LogP contribution < -0.4 is 5.32 Å². The quantitative estimate of drug-likeness (QED) is 0.566. The fourth-order valence-corrected chi connectivity index (χ4v) is 2.16. The molecule has 110 valence electrons. The molecule has 1 aromatic carbocycles. The van der Waals surface area contributed by atoms with Crippen molar-refractivity contribution in [2.75, 3.05) is 6.54 Å². The highest BCUT2D eigenvalue weighted by Crippen LogP contribution is 2.14. The van der Waals surface area contributed by atoms with Gasteiger partial charge in [0.25, 0.3) is 0 Å². The van der Waals surface area contributed by atoms with E-state index in [0.717, 1.165) is 24.0 Å². The lowest BCUT2D eigenvalue weighted by molar-refractivity contribution is -0.137. The molecule has 2 N–H and O–H groups in total. The minimum absolute atomic E-state index is 0.138. The molecule has 0 heterocycles. The molecule has 0 amide bonds. The Kier molecular flexibility index (Phi) is 6.39. The number of carboxylic acids is 1. The second-order valence-corrected chi connectivity index (χ2v) is 5.14. The number of nitrogens with one attached hydrogen (secondary N) is 1. The number of Topliss-reactive ketones (excluding diaryl/α,β-unsaturated/α-hetero) is 1. The predicted molar refractivity (Wildman–Crippen MR) is 79.2 cm³/mol. The van der Waals surface area contributed by atoms with Crippen LogP contribution in [0.15, 0.2) is 18.2 Å². The molecule has 0 aliphatic rings. The van der Waals surface area contributed by atoms with Crippen LogP contribution in [-0.2, 0) is 4.79 Å². The van der Waals surface area contributed by atoms with Crippen LogP contribution in [0.4, 0.5) is 0 Å². The van der Waals surface area contributed by atoms with Crippen molar-refractivity contribution >= 4 is 11.8 Å². The molecule has 0 aliphatic heterocycles. The average Bonchev–Trinajstić information content (AvgIpc) is 2.36. The lowest BCUT2D eigenvalue weighted by atomic mass is 9.96. The van der Waals surface area contributed by atoms with E-state index in [4.69, 9.17) is 5.11 Å². The normalized spacial score (nSPS) is 12.2. The Labute approximate surface area is 120 Å². The van der Waals surface area contributed by atoms with Gasteiger partial charge in [0.15, 0.2) is 5.78 Å². The molecule has 1 unspecified atom stereocenters. The summed E-state index contributed by atoms with van der Waals surface area (Å²) in [4.78, 5) is 23.4. The van der Waals surface area contributed by atoms with Crippen molar-refractivity contribution in [1.82, 2.24) is 5.32 Å². The molecular formula is C16H23NO3. The highest BCUT2D eigenvalue weighted by atomic mass is 16.4. The first kappa shape index (κ1) is 16.4. The van der Waals surface area contributed by atoms with Crippen LogP contribution in [0, 0.1) is 13.8 Å². The third-order valence-corrected chi connectivity index (χ3v) is 3.26. The van der Waals surface area contributed by atoms with Crippen LogP contribution in [0.3, 0.4) is 0 Å². The Bertz CT molecular complexity index is 483. The number of hydrogen-bond acceptors (Lipinski definition) is 3. The van der Waals surface area contributed by atoms with Crippen molar-refractivity contribution in [3.8, 4) is 0 Å². The molecule has 0 radical (unpaired) electrons. The van der Waals surface area contributed by atoms with E-state index in [1.54, 1.807) is 6.07 Å². The van der Waals surface area contributed by atoms with Gasteiger partial charge in [0, 0.05) is 5.56 Å². The zero-order valence-electron chi connectivity index (χ0n) is 12.4. The number of hydrogen-bond donors (Lipinski definition) is 2. The molecule has 1 aromatic rings. The molecular weight excluding hydrogens is 254 g/mol. The second-order valence-electron chi connectivity index (χ2n) is 5.14. The highest BCUT2D eigenvalue weighted by Gasteiger charge is 2.23. The molecule has 4 nitrogen and oxygen atoms in total. The molecule has 0 spiro atoms. The van der Waals surface area contributed by atoms with E-state index in [9.17, 15) is 9.59 Å². The van der Waals surface area contributed by atoms with Gasteiger partial charge in [-0.15, -0.1) is 0 Å². The van der Waals surface area contributed by atoms with Crippen LogP contribution in [-0.4, -0.2) is 29.4 Å². The number of carboxylic acid groups (broad SMARTS) is 1. The summed E-state index contributed by atoms with van der Waals surface area (Å²) in [5.41, 5.74) is 2.58. The van der Waals surface area contributed by atoms with Crippen LogP contribution in [0.1, 0.15) is 47.7 Å². The molecule has 0 aliphatic carbocycles. The van der Waals surface area contributed by atoms with Gasteiger partial charge in [0.2, 0.25) is 0 Å². The number of carbonyl (C=O) groups is 2. The first-order valence-corrected chi connectivity index (χ1v) is 7.02. The van der Waals surface area contributed by atoms with Gasteiger partial charge in [-0.1, -0.05) is 37.1 Å². The molecule has 0 aromatic heterocycles. The van der Waals surface area contributed by atoms with Gasteiger partial charge >= 0.3 is 5.97 Å². The maximum Gasteiger partial charge on any atom is 0.305 e. The molecule has 0 fully saturated rings. The summed E-state index contributed by atoms with van der Waals surface area (Å²) in [5, 5.41) is 12.0. The zero-order chi connectivity index (χ0) is 15.1. The minimum atomic E-state index is -0.961. The van der Waals surface area contributed by atoms with Crippen molar-refractivity contribution < 1.29 is 14.7 Å². The predicted octanol–water partition coefficient (Wildman–Crippen LogP) is 2.72. The van der Waals surface area contributed by atoms with Crippen LogP contribution >= 0.6 is 0 Å². The maximum absolute atomic E-state index is 12.5. The first-order chi connectivity index (χ1) is 9.45. The summed E-state index contributed by atoms with van der Waals surface area (Å²) in [5.74, 6) is -1.10. The fraction of sp³-hybridized carbons (Fsp3) is 0.500. The monoisotopic (exact) mass is 277 g/mol. The SMILES string of the molecule is CCCCNC(CC(=O)O)C(=O)c1ccc(C)cc1C. The topological polar surface area (TPSA) is 66.4 Å². The number of rotatable bonds is 8. The average molecular weight is 277 g/mol. The second kappa shape index (κ2) is 7.80. The van der Waals surface area contributed by atoms with Crippen LogP contribution in [0.5, 0.6) is 0 Å². The Hall–Kier alpha value is -1.68. The Morgan fingerprint density at radius 2 is 2.00 bits per heavy atom. The van der Waals surface area contributed by atoms with Crippen molar-refractivity contribution in [2.24, 2.45) is 0 Å². The Balaban J connectivity index is 2.87. The lowest BCUT2D eigenvalue weighted by Gasteiger charge is -2.17. The van der Waals surface area contributed by atoms with E-state index in [1.165, 1.54) is 0 Å². The smallest absolute Gasteiger partial charge is 0.305 e. The van der Waals surface area contributed by atoms with E-state index in [-0.39, 0.29) is 12.2 Å². The molecule has 4 heteroatoms. The Morgan fingerprint density at radius 1 is 1.30 bits per heavy atom. The van der Waals surface area contributed by atoms with Gasteiger partial charge < -0.3 is 10.4 Å². The standard InChI is InChI=1S/C16H23NO3/c1-4-5-8-17-14(10-15(18)19)16(20)13-7-6-11(2)9-12(13)3/h6-7,9,14,17H,4-5,8,10H2,1-3H3,(H,18,19). The van der Waals surface area contributed by atoms with E-state index < -0.39 is 12.0 Å². The number of ketones is 1. The van der Waals surface area contributed by atoms with Gasteiger partial charge in [0.05, 0.1) is 12.5 Å². The van der Waals surface area contributed by atoms with E-state index >= 15 is 0 Å². The molecule has 0 bridgehead atoms. The number of carbonyl (C=O) groups excluding carboxylic acids is 1.